The number of H-pyrrole nitrogens is 1. The highest BCUT2D eigenvalue weighted by Gasteiger charge is 2.07. The largest absolute Gasteiger partial charge is 0.361 e. The van der Waals surface area contributed by atoms with Crippen LogP contribution in [0, 0.1) is 17.0 Å². The number of benzene rings is 1. The lowest BCUT2D eigenvalue weighted by Gasteiger charge is -1.97. The smallest absolute Gasteiger partial charge is 0.243 e. The molecule has 0 saturated carbocycles. The van der Waals surface area contributed by atoms with Gasteiger partial charge in [0.25, 0.3) is 0 Å². The van der Waals surface area contributed by atoms with Crippen molar-refractivity contribution in [1.82, 2.24) is 4.98 Å². The van der Waals surface area contributed by atoms with E-state index in [0.29, 0.717) is 0 Å². The third-order valence-electron chi connectivity index (χ3n) is 2.60. The van der Waals surface area contributed by atoms with Gasteiger partial charge >= 0.3 is 0 Å². The molecule has 16 heavy (non-hydrogen) atoms. The van der Waals surface area contributed by atoms with E-state index in [1.54, 1.807) is 12.3 Å². The molecule has 0 spiro atoms. The number of fused-ring (bicyclic) bond motifs is 1. The maximum Gasteiger partial charge on any atom is 0.243 e. The first-order chi connectivity index (χ1) is 7.59. The van der Waals surface area contributed by atoms with Gasteiger partial charge in [-0.15, -0.1) is 0 Å². The van der Waals surface area contributed by atoms with E-state index in [1.807, 2.05) is 25.1 Å². The Balaban J connectivity index is 2.62. The summed E-state index contributed by atoms with van der Waals surface area (Å²) >= 11 is 0. The van der Waals surface area contributed by atoms with E-state index in [1.165, 1.54) is 6.92 Å². The van der Waals surface area contributed by atoms with Gasteiger partial charge in [0.1, 0.15) is 0 Å². The quantitative estimate of drug-likeness (QED) is 0.619. The summed E-state index contributed by atoms with van der Waals surface area (Å²) in [6.07, 6.45) is 3.39. The summed E-state index contributed by atoms with van der Waals surface area (Å²) in [6, 6.07) is 5.91. The molecule has 0 atom stereocenters. The average Bonchev–Trinajstić information content (AvgIpc) is 2.63. The zero-order valence-corrected chi connectivity index (χ0v) is 9.15. The van der Waals surface area contributed by atoms with Gasteiger partial charge in [0.15, 0.2) is 0 Å². The molecular weight excluding hydrogens is 204 g/mol. The van der Waals surface area contributed by atoms with Crippen molar-refractivity contribution in [3.8, 4) is 0 Å². The topological polar surface area (TPSA) is 58.9 Å². The minimum Gasteiger partial charge on any atom is -0.361 e. The molecule has 1 aromatic heterocycles. The van der Waals surface area contributed by atoms with Crippen LogP contribution in [0.3, 0.4) is 0 Å². The second-order valence-electron chi connectivity index (χ2n) is 3.78. The number of nitrogens with zero attached hydrogens (tertiary/aromatic N) is 1. The van der Waals surface area contributed by atoms with Crippen LogP contribution in [-0.4, -0.2) is 9.91 Å². The van der Waals surface area contributed by atoms with Gasteiger partial charge in [-0.3, -0.25) is 10.1 Å². The molecule has 1 N–H and O–H groups in total. The Morgan fingerprint density at radius 3 is 2.94 bits per heavy atom. The summed E-state index contributed by atoms with van der Waals surface area (Å²) in [5.41, 5.74) is 3.12. The zero-order chi connectivity index (χ0) is 11.7. The molecule has 0 radical (unpaired) electrons. The molecule has 0 aliphatic carbocycles. The molecule has 0 bridgehead atoms. The minimum atomic E-state index is -0.378. The number of hydrogen-bond donors (Lipinski definition) is 1. The molecule has 2 aromatic rings. The average molecular weight is 216 g/mol. The van der Waals surface area contributed by atoms with Crippen LogP contribution in [0.4, 0.5) is 0 Å². The highest BCUT2D eigenvalue weighted by molar-refractivity contribution is 5.91. The standard InChI is InChI=1S/C12H12N2O2/c1-8-4-3-5-11-12(8)10(7-13-11)6-9(2)14(15)16/h3-7,13H,1-2H3/b9-6-. The number of allylic oxidation sites excluding steroid dienone is 1. The zero-order valence-electron chi connectivity index (χ0n) is 9.15. The van der Waals surface area contributed by atoms with Crippen LogP contribution in [0.2, 0.25) is 0 Å². The lowest BCUT2D eigenvalue weighted by Crippen LogP contribution is -1.92. The number of aromatic amines is 1. The minimum absolute atomic E-state index is 0.143. The van der Waals surface area contributed by atoms with Gasteiger partial charge in [-0.1, -0.05) is 12.1 Å². The van der Waals surface area contributed by atoms with E-state index in [0.717, 1.165) is 22.0 Å². The van der Waals surface area contributed by atoms with E-state index < -0.39 is 0 Å². The molecule has 4 heteroatoms. The number of nitrogens with one attached hydrogen (secondary N) is 1. The highest BCUT2D eigenvalue weighted by Crippen LogP contribution is 2.23. The molecule has 0 aliphatic heterocycles. The Bertz CT molecular complexity index is 582. The van der Waals surface area contributed by atoms with Crippen molar-refractivity contribution < 1.29 is 4.92 Å². The number of aryl methyl sites for hydroxylation is 1. The number of aromatic nitrogens is 1. The fourth-order valence-corrected chi connectivity index (χ4v) is 1.79. The molecule has 0 saturated heterocycles. The molecular formula is C12H12N2O2. The lowest BCUT2D eigenvalue weighted by atomic mass is 10.1. The highest BCUT2D eigenvalue weighted by atomic mass is 16.6. The Hall–Kier alpha value is -2.10. The molecule has 1 heterocycles. The van der Waals surface area contributed by atoms with Crippen LogP contribution in [0.1, 0.15) is 18.1 Å². The summed E-state index contributed by atoms with van der Waals surface area (Å²) in [6.45, 7) is 3.49. The van der Waals surface area contributed by atoms with Gasteiger partial charge < -0.3 is 4.98 Å². The fraction of sp³-hybridized carbons (Fsp3) is 0.167. The van der Waals surface area contributed by atoms with Gasteiger partial charge in [-0.2, -0.15) is 0 Å². The van der Waals surface area contributed by atoms with Crippen LogP contribution < -0.4 is 0 Å². The molecule has 0 amide bonds. The van der Waals surface area contributed by atoms with Crippen molar-refractivity contribution in [2.75, 3.05) is 0 Å². The molecule has 0 aliphatic rings. The fourth-order valence-electron chi connectivity index (χ4n) is 1.79. The molecule has 0 unspecified atom stereocenters. The number of rotatable bonds is 2. The van der Waals surface area contributed by atoms with E-state index >= 15 is 0 Å². The van der Waals surface area contributed by atoms with Gasteiger partial charge in [0, 0.05) is 35.7 Å². The van der Waals surface area contributed by atoms with Crippen LogP contribution in [0.5, 0.6) is 0 Å². The SMILES string of the molecule is C/C(=C/c1c[nH]c2cccc(C)c12)[N+](=O)[O-]. The van der Waals surface area contributed by atoms with Crippen molar-refractivity contribution in [3.05, 3.63) is 51.3 Å². The maximum absolute atomic E-state index is 10.6. The van der Waals surface area contributed by atoms with E-state index in [2.05, 4.69) is 4.98 Å². The van der Waals surface area contributed by atoms with E-state index in [-0.39, 0.29) is 10.6 Å². The second kappa shape index (κ2) is 3.81. The third kappa shape index (κ3) is 1.69. The lowest BCUT2D eigenvalue weighted by molar-refractivity contribution is -0.422. The van der Waals surface area contributed by atoms with Crippen molar-refractivity contribution >= 4 is 17.0 Å². The van der Waals surface area contributed by atoms with Gasteiger partial charge in [0.05, 0.1) is 4.92 Å². The Morgan fingerprint density at radius 1 is 1.50 bits per heavy atom. The van der Waals surface area contributed by atoms with Gasteiger partial charge in [0.2, 0.25) is 5.70 Å². The maximum atomic E-state index is 10.6. The van der Waals surface area contributed by atoms with Gasteiger partial charge in [-0.05, 0) is 18.6 Å². The summed E-state index contributed by atoms with van der Waals surface area (Å²) < 4.78 is 0. The summed E-state index contributed by atoms with van der Waals surface area (Å²) in [4.78, 5) is 13.3. The first kappa shape index (κ1) is 10.4. The molecule has 82 valence electrons. The van der Waals surface area contributed by atoms with Crippen LogP contribution in [0.15, 0.2) is 30.1 Å². The van der Waals surface area contributed by atoms with Crippen molar-refractivity contribution in [3.63, 3.8) is 0 Å². The predicted molar refractivity (Wildman–Crippen MR) is 63.7 cm³/mol. The van der Waals surface area contributed by atoms with E-state index in [4.69, 9.17) is 0 Å². The Morgan fingerprint density at radius 2 is 2.25 bits per heavy atom. The van der Waals surface area contributed by atoms with Crippen LogP contribution >= 0.6 is 0 Å². The second-order valence-corrected chi connectivity index (χ2v) is 3.78. The summed E-state index contributed by atoms with van der Waals surface area (Å²) in [5, 5.41) is 11.6. The van der Waals surface area contributed by atoms with Crippen molar-refractivity contribution in [1.29, 1.82) is 0 Å². The third-order valence-corrected chi connectivity index (χ3v) is 2.60. The van der Waals surface area contributed by atoms with Gasteiger partial charge in [-0.25, -0.2) is 0 Å². The Labute approximate surface area is 92.7 Å². The van der Waals surface area contributed by atoms with Crippen LogP contribution in [0.25, 0.3) is 17.0 Å². The normalized spacial score (nSPS) is 12.0. The van der Waals surface area contributed by atoms with Crippen LogP contribution in [-0.2, 0) is 0 Å². The first-order valence-corrected chi connectivity index (χ1v) is 4.99. The molecule has 0 fully saturated rings. The molecule has 2 rings (SSSR count). The summed E-state index contributed by atoms with van der Waals surface area (Å²) in [5.74, 6) is 0. The number of nitro groups is 1. The molecule has 4 nitrogen and oxygen atoms in total. The van der Waals surface area contributed by atoms with Crippen molar-refractivity contribution in [2.24, 2.45) is 0 Å². The predicted octanol–water partition coefficient (Wildman–Crippen LogP) is 3.11. The Kier molecular flexibility index (Phi) is 2.48. The number of hydrogen-bond acceptors (Lipinski definition) is 2. The van der Waals surface area contributed by atoms with Crippen molar-refractivity contribution in [2.45, 2.75) is 13.8 Å². The molecule has 1 aromatic carbocycles. The summed E-state index contributed by atoms with van der Waals surface area (Å²) in [7, 11) is 0. The monoisotopic (exact) mass is 216 g/mol. The van der Waals surface area contributed by atoms with E-state index in [9.17, 15) is 10.1 Å². The first-order valence-electron chi connectivity index (χ1n) is 4.99.